The van der Waals surface area contributed by atoms with Gasteiger partial charge in [0.2, 0.25) is 30.6 Å². The molecule has 8 N–H and O–H groups in total. The number of fused-ring (bicyclic) bond motifs is 1. The van der Waals surface area contributed by atoms with Gasteiger partial charge in [-0.25, -0.2) is 24.3 Å². The van der Waals surface area contributed by atoms with Crippen LogP contribution in [0.5, 0.6) is 17.2 Å². The van der Waals surface area contributed by atoms with Gasteiger partial charge in [0.15, 0.2) is 23.1 Å². The Morgan fingerprint density at radius 1 is 0.422 bits per heavy atom. The molecule has 482 valence electrons. The molecule has 1 aliphatic rings. The number of hydrogen-bond acceptors (Lipinski definition) is 19. The highest BCUT2D eigenvalue weighted by atomic mass is 19.4. The van der Waals surface area contributed by atoms with Gasteiger partial charge in [0, 0.05) is 92.3 Å². The molecule has 0 radical (unpaired) electrons. The maximum Gasteiger partial charge on any atom is 0.416 e. The van der Waals surface area contributed by atoms with E-state index >= 15 is 0 Å². The highest BCUT2D eigenvalue weighted by molar-refractivity contribution is 5.71. The fourth-order valence-corrected chi connectivity index (χ4v) is 7.68. The maximum absolute atomic E-state index is 13.4. The molecule has 19 nitrogen and oxygen atoms in total. The quantitative estimate of drug-likeness (QED) is 0.0502. The maximum atomic E-state index is 13.4. The number of benzene rings is 4. The van der Waals surface area contributed by atoms with Crippen molar-refractivity contribution in [1.82, 2.24) is 39.9 Å². The second-order valence-corrected chi connectivity index (χ2v) is 24.9. The summed E-state index contributed by atoms with van der Waals surface area (Å²) in [7, 11) is 1.43. The molecule has 0 atom stereocenters. The van der Waals surface area contributed by atoms with Crippen molar-refractivity contribution >= 4 is 69.8 Å². The van der Waals surface area contributed by atoms with Gasteiger partial charge in [-0.05, 0) is 178 Å². The lowest BCUT2D eigenvalue weighted by atomic mass is 10.1. The lowest BCUT2D eigenvalue weighted by Crippen LogP contribution is -2.27. The molecule has 5 heterocycles. The van der Waals surface area contributed by atoms with E-state index in [1.807, 2.05) is 101 Å². The van der Waals surface area contributed by atoms with Crippen LogP contribution in [-0.4, -0.2) is 75.9 Å². The van der Waals surface area contributed by atoms with Crippen LogP contribution in [0.4, 0.5) is 101 Å². The van der Waals surface area contributed by atoms with Crippen molar-refractivity contribution < 1.29 is 44.9 Å². The number of methoxy groups -OCH3 is 1. The Hall–Kier alpha value is -9.49. The summed E-state index contributed by atoms with van der Waals surface area (Å²) in [5.41, 5.74) is 3.72. The third-order valence-corrected chi connectivity index (χ3v) is 11.8. The van der Waals surface area contributed by atoms with Crippen molar-refractivity contribution in [3.63, 3.8) is 0 Å². The Morgan fingerprint density at radius 2 is 0.800 bits per heavy atom. The number of alkyl halides is 6. The number of anilines is 12. The van der Waals surface area contributed by atoms with Crippen molar-refractivity contribution in [2.75, 3.05) is 56.4 Å². The van der Waals surface area contributed by atoms with Crippen molar-refractivity contribution in [3.8, 4) is 17.2 Å². The molecule has 0 amide bonds. The minimum absolute atomic E-state index is 0.0997. The van der Waals surface area contributed by atoms with Crippen molar-refractivity contribution in [2.24, 2.45) is 0 Å². The van der Waals surface area contributed by atoms with Crippen molar-refractivity contribution in [1.29, 1.82) is 0 Å². The standard InChI is InChI=1S/2C16H19F3N4.C16H21FN4O.C16H20N4O2/c1-10-9-20-14(23-15(2,3)4)22-13(10)21-12-7-5-11(6-8-12)16(17,18)19;1-10-9-20-14(23-15(2,3)4)22-13(10)21-12-7-5-6-11(8-12)16(17,18)19;1-10-9-18-15(21-16(2,3)4)20-14(10)19-11-6-7-12(17)13(8-11)22-5;1-10-8-17-15(20-16(2,3)4)19-14(10)18-11-6-5-7-12-13(11)22-9-21-12/h2*5-9H,1-4H3,(H2,20,21,22,23);6-9H,1-5H3,(H2,18,19,20,21);5-8H,9H2,1-4H3,(H2,17,18,19,20). The van der Waals surface area contributed by atoms with Crippen LogP contribution in [0.25, 0.3) is 0 Å². The number of rotatable bonds is 13. The van der Waals surface area contributed by atoms with Crippen LogP contribution in [-0.2, 0) is 12.4 Å². The van der Waals surface area contributed by atoms with Gasteiger partial charge in [-0.15, -0.1) is 0 Å². The Morgan fingerprint density at radius 3 is 1.20 bits per heavy atom. The van der Waals surface area contributed by atoms with Gasteiger partial charge in [0.05, 0.1) is 23.9 Å². The normalized spacial score (nSPS) is 12.1. The van der Waals surface area contributed by atoms with Crippen LogP contribution in [0.2, 0.25) is 0 Å². The third-order valence-electron chi connectivity index (χ3n) is 11.8. The molecule has 9 rings (SSSR count). The van der Waals surface area contributed by atoms with E-state index in [4.69, 9.17) is 14.2 Å². The van der Waals surface area contributed by atoms with E-state index in [-0.39, 0.29) is 34.7 Å². The number of hydrogen-bond donors (Lipinski definition) is 8. The fourth-order valence-electron chi connectivity index (χ4n) is 7.68. The van der Waals surface area contributed by atoms with Gasteiger partial charge >= 0.3 is 12.4 Å². The molecule has 4 aromatic heterocycles. The zero-order chi connectivity index (χ0) is 66.6. The molecule has 0 spiro atoms. The zero-order valence-electron chi connectivity index (χ0n) is 53.5. The fraction of sp³-hybridized carbons (Fsp3) is 0.375. The zero-order valence-corrected chi connectivity index (χ0v) is 53.5. The molecule has 0 unspecified atom stereocenters. The summed E-state index contributed by atoms with van der Waals surface area (Å²) in [4.78, 5) is 34.7. The van der Waals surface area contributed by atoms with Gasteiger partial charge in [-0.3, -0.25) is 0 Å². The molecule has 1 aliphatic heterocycles. The van der Waals surface area contributed by atoms with Gasteiger partial charge in [0.25, 0.3) is 0 Å². The first kappa shape index (κ1) is 69.6. The molecule has 0 saturated heterocycles. The molecular weight excluding hydrogens is 1170 g/mol. The Bertz CT molecular complexity index is 3690. The number of para-hydroxylation sites is 1. The molecule has 4 aromatic carbocycles. The lowest BCUT2D eigenvalue weighted by Gasteiger charge is -2.21. The predicted octanol–water partition coefficient (Wildman–Crippen LogP) is 16.9. The summed E-state index contributed by atoms with van der Waals surface area (Å²) in [6.07, 6.45) is -1.90. The first-order chi connectivity index (χ1) is 41.8. The van der Waals surface area contributed by atoms with E-state index in [0.717, 1.165) is 63.8 Å². The SMILES string of the molecule is COc1cc(Nc2nc(NC(C)(C)C)ncc2C)ccc1F.Cc1cnc(NC(C)(C)C)nc1Nc1ccc(C(F)(F)F)cc1.Cc1cnc(NC(C)(C)C)nc1Nc1cccc(C(F)(F)F)c1.Cc1cnc(NC(C)(C)C)nc1Nc1cccc2c1OCO2. The van der Waals surface area contributed by atoms with E-state index < -0.39 is 29.3 Å². The summed E-state index contributed by atoms with van der Waals surface area (Å²) in [5.74, 6) is 5.65. The molecule has 0 fully saturated rings. The predicted molar refractivity (Wildman–Crippen MR) is 342 cm³/mol. The third kappa shape index (κ3) is 22.3. The second-order valence-electron chi connectivity index (χ2n) is 24.9. The molecule has 0 bridgehead atoms. The lowest BCUT2D eigenvalue weighted by molar-refractivity contribution is -0.138. The van der Waals surface area contributed by atoms with Gasteiger partial charge in [0.1, 0.15) is 23.3 Å². The minimum Gasteiger partial charge on any atom is -0.494 e. The minimum atomic E-state index is -4.38. The highest BCUT2D eigenvalue weighted by Gasteiger charge is 2.31. The van der Waals surface area contributed by atoms with Gasteiger partial charge in [-0.2, -0.15) is 46.3 Å². The molecule has 0 aliphatic carbocycles. The van der Waals surface area contributed by atoms with Crippen LogP contribution in [0.3, 0.4) is 0 Å². The number of ether oxygens (including phenoxy) is 3. The van der Waals surface area contributed by atoms with Gasteiger partial charge in [-0.1, -0.05) is 12.1 Å². The summed E-state index contributed by atoms with van der Waals surface area (Å²) < 4.78 is 105. The number of aryl methyl sites for hydroxylation is 4. The molecule has 0 saturated carbocycles. The van der Waals surface area contributed by atoms with E-state index in [1.54, 1.807) is 49.9 Å². The second kappa shape index (κ2) is 28.8. The number of halogens is 7. The Labute approximate surface area is 520 Å². The first-order valence-electron chi connectivity index (χ1n) is 28.4. The average Bonchev–Trinajstić information content (AvgIpc) is 1.88. The topological polar surface area (TPSA) is 227 Å². The van der Waals surface area contributed by atoms with E-state index in [0.29, 0.717) is 64.1 Å². The molecule has 8 aromatic rings. The van der Waals surface area contributed by atoms with Crippen LogP contribution >= 0.6 is 0 Å². The molecular formula is C64H79F7N16O3. The van der Waals surface area contributed by atoms with Crippen LogP contribution < -0.4 is 56.7 Å². The largest absolute Gasteiger partial charge is 0.494 e. The number of nitrogens with zero attached hydrogens (tertiary/aromatic N) is 8. The van der Waals surface area contributed by atoms with Crippen molar-refractivity contribution in [2.45, 2.75) is 145 Å². The number of nitrogens with one attached hydrogen (secondary N) is 8. The monoisotopic (exact) mass is 1250 g/mol. The van der Waals surface area contributed by atoms with Gasteiger partial charge < -0.3 is 56.7 Å². The van der Waals surface area contributed by atoms with Crippen LogP contribution in [0, 0.1) is 33.5 Å². The Balaban J connectivity index is 0.000000191. The molecule has 26 heteroatoms. The summed E-state index contributed by atoms with van der Waals surface area (Å²) >= 11 is 0. The van der Waals surface area contributed by atoms with E-state index in [9.17, 15) is 30.7 Å². The average molecular weight is 1250 g/mol. The van der Waals surface area contributed by atoms with Crippen LogP contribution in [0.15, 0.2) is 110 Å². The summed E-state index contributed by atoms with van der Waals surface area (Å²) in [6, 6.07) is 20.1. The first-order valence-corrected chi connectivity index (χ1v) is 28.4. The summed E-state index contributed by atoms with van der Waals surface area (Å²) in [6.45, 7) is 31.9. The van der Waals surface area contributed by atoms with Crippen LogP contribution in [0.1, 0.15) is 116 Å². The van der Waals surface area contributed by atoms with E-state index in [1.165, 1.54) is 31.4 Å². The summed E-state index contributed by atoms with van der Waals surface area (Å²) in [5, 5.41) is 25.2. The molecule has 90 heavy (non-hydrogen) atoms. The highest BCUT2D eigenvalue weighted by Crippen LogP contribution is 2.41. The van der Waals surface area contributed by atoms with Crippen molar-refractivity contribution in [3.05, 3.63) is 149 Å². The smallest absolute Gasteiger partial charge is 0.416 e. The van der Waals surface area contributed by atoms with E-state index in [2.05, 4.69) is 103 Å². The Kier molecular flexibility index (Phi) is 22.3. The number of aromatic nitrogens is 8.